The highest BCUT2D eigenvalue weighted by atomic mass is 16.6. The van der Waals surface area contributed by atoms with E-state index in [9.17, 15) is 14.5 Å². The van der Waals surface area contributed by atoms with Crippen molar-refractivity contribution in [1.82, 2.24) is 0 Å². The van der Waals surface area contributed by atoms with Gasteiger partial charge in [0, 0.05) is 12.0 Å². The van der Waals surface area contributed by atoms with Crippen LogP contribution in [0.15, 0.2) is 12.1 Å². The number of carbonyl (C=O) groups excluding carboxylic acids is 2. The number of hydrogen-bond donors (Lipinski definition) is 2. The molecule has 0 atom stereocenters. The number of hydrogen-bond acceptors (Lipinski definition) is 4. The molecular weight excluding hydrogens is 264 g/mol. The second kappa shape index (κ2) is 5.28. The molecule has 0 radical (unpaired) electrons. The number of amides is 1. The highest BCUT2D eigenvalue weighted by Gasteiger charge is 2.32. The Morgan fingerprint density at radius 3 is 2.55 bits per heavy atom. The first-order valence-corrected chi connectivity index (χ1v) is 6.14. The van der Waals surface area contributed by atoms with Gasteiger partial charge in [-0.25, -0.2) is 10.0 Å². The summed E-state index contributed by atoms with van der Waals surface area (Å²) in [4.78, 5) is 34.1. The number of nitrogens with zero attached hydrogens (tertiary/aromatic N) is 1. The van der Waals surface area contributed by atoms with E-state index in [1.807, 2.05) is 0 Å². The maximum Gasteiger partial charge on any atom is 0.340 e. The summed E-state index contributed by atoms with van der Waals surface area (Å²) in [5, 5.41) is 11.8. The quantitative estimate of drug-likeness (QED) is 0.648. The number of methoxy groups -OCH3 is 1. The van der Waals surface area contributed by atoms with Gasteiger partial charge in [-0.15, -0.1) is 0 Å². The third-order valence-electron chi connectivity index (χ3n) is 3.14. The molecule has 0 aromatic heterocycles. The summed E-state index contributed by atoms with van der Waals surface area (Å²) in [7, 11) is 1.22. The largest absolute Gasteiger partial charge is 0.465 e. The number of ether oxygens (including phenoxy) is 1. The van der Waals surface area contributed by atoms with Crippen molar-refractivity contribution in [2.75, 3.05) is 12.4 Å². The molecule has 1 aromatic carbocycles. The average molecular weight is 279 g/mol. The van der Waals surface area contributed by atoms with Gasteiger partial charge >= 0.3 is 11.7 Å². The van der Waals surface area contributed by atoms with Crippen molar-refractivity contribution in [3.63, 3.8) is 0 Å². The molecule has 2 rings (SSSR count). The van der Waals surface area contributed by atoms with Crippen LogP contribution < -0.4 is 5.32 Å². The summed E-state index contributed by atoms with van der Waals surface area (Å²) in [6.07, 6.45) is 1.64. The fourth-order valence-corrected chi connectivity index (χ4v) is 1.89. The number of esters is 1. The molecule has 7 nitrogen and oxygen atoms in total. The van der Waals surface area contributed by atoms with Crippen molar-refractivity contribution in [3.8, 4) is 0 Å². The molecule has 0 saturated heterocycles. The van der Waals surface area contributed by atoms with Crippen molar-refractivity contribution in [2.45, 2.75) is 19.8 Å². The van der Waals surface area contributed by atoms with Crippen molar-refractivity contribution >= 4 is 23.3 Å². The summed E-state index contributed by atoms with van der Waals surface area (Å²) < 4.78 is 4.57. The molecule has 1 aliphatic rings. The molecule has 20 heavy (non-hydrogen) atoms. The molecule has 1 fully saturated rings. The zero-order valence-electron chi connectivity index (χ0n) is 11.2. The van der Waals surface area contributed by atoms with Crippen LogP contribution in [0.2, 0.25) is 0 Å². The number of nitrogens with one attached hydrogen (secondary N) is 1. The molecule has 0 unspecified atom stereocenters. The molecule has 2 N–H and O–H groups in total. The van der Waals surface area contributed by atoms with E-state index < -0.39 is 5.97 Å². The van der Waals surface area contributed by atoms with E-state index in [1.54, 1.807) is 6.92 Å². The molecule has 0 bridgehead atoms. The Labute approximate surface area is 115 Å². The maximum atomic E-state index is 11.8. The zero-order valence-corrected chi connectivity index (χ0v) is 11.2. The third-order valence-corrected chi connectivity index (χ3v) is 3.14. The van der Waals surface area contributed by atoms with E-state index in [2.05, 4.69) is 10.1 Å². The fourth-order valence-electron chi connectivity index (χ4n) is 1.89. The Kier molecular flexibility index (Phi) is 3.69. The lowest BCUT2D eigenvalue weighted by Crippen LogP contribution is -2.16. The maximum absolute atomic E-state index is 11.8. The molecule has 1 aromatic rings. The van der Waals surface area contributed by atoms with E-state index >= 15 is 0 Å². The predicted molar refractivity (Wildman–Crippen MR) is 68.9 cm³/mol. The van der Waals surface area contributed by atoms with E-state index in [0.29, 0.717) is 5.56 Å². The standard InChI is InChI=1S/C13H14N2O5/c1-7-5-9(13(17)20-2)6-10(15(18)19)11(7)14-12(16)8-3-4-8/h5-6,8H,3-4H2,1-2H3,(H-,14,16,17,18,19)/p+1. The summed E-state index contributed by atoms with van der Waals surface area (Å²) in [6.45, 7) is 1.63. The van der Waals surface area contributed by atoms with Crippen LogP contribution in [0.25, 0.3) is 0 Å². The van der Waals surface area contributed by atoms with Gasteiger partial charge < -0.3 is 10.1 Å². The van der Waals surface area contributed by atoms with Gasteiger partial charge in [-0.1, -0.05) is 0 Å². The molecule has 7 heteroatoms. The Morgan fingerprint density at radius 2 is 2.05 bits per heavy atom. The Hall–Kier alpha value is -2.44. The Balaban J connectivity index is 2.41. The average Bonchev–Trinajstić information content (AvgIpc) is 3.23. The van der Waals surface area contributed by atoms with Crippen molar-refractivity contribution in [3.05, 3.63) is 28.2 Å². The lowest BCUT2D eigenvalue weighted by molar-refractivity contribution is -0.729. The van der Waals surface area contributed by atoms with E-state index in [-0.39, 0.29) is 33.7 Å². The SMILES string of the molecule is COC(=O)c1cc(C)c(NC(=O)C2CC2)c([N+](=O)O)c1. The van der Waals surface area contributed by atoms with E-state index in [0.717, 1.165) is 12.8 Å². The summed E-state index contributed by atoms with van der Waals surface area (Å²) in [5.74, 6) is -0.861. The molecule has 0 spiro atoms. The van der Waals surface area contributed by atoms with Crippen LogP contribution in [-0.2, 0) is 9.53 Å². The van der Waals surface area contributed by atoms with Crippen molar-refractivity contribution in [2.24, 2.45) is 5.92 Å². The van der Waals surface area contributed by atoms with Gasteiger partial charge in [0.05, 0.1) is 17.6 Å². The zero-order chi connectivity index (χ0) is 14.9. The lowest BCUT2D eigenvalue weighted by Gasteiger charge is -2.08. The second-order valence-electron chi connectivity index (χ2n) is 4.72. The molecule has 1 aliphatic carbocycles. The van der Waals surface area contributed by atoms with Crippen LogP contribution in [0, 0.1) is 17.7 Å². The van der Waals surface area contributed by atoms with Crippen LogP contribution >= 0.6 is 0 Å². The molecule has 106 valence electrons. The van der Waals surface area contributed by atoms with Gasteiger partial charge in [0.15, 0.2) is 0 Å². The minimum Gasteiger partial charge on any atom is -0.465 e. The number of carbonyl (C=O) groups is 2. The van der Waals surface area contributed by atoms with Gasteiger partial charge in [0.1, 0.15) is 5.69 Å². The molecule has 1 amide bonds. The first kappa shape index (κ1) is 14.0. The van der Waals surface area contributed by atoms with E-state index in [1.165, 1.54) is 19.2 Å². The van der Waals surface area contributed by atoms with Crippen molar-refractivity contribution < 1.29 is 24.5 Å². The monoisotopic (exact) mass is 279 g/mol. The minimum atomic E-state index is -0.628. The van der Waals surface area contributed by atoms with Crippen LogP contribution in [0.5, 0.6) is 0 Å². The van der Waals surface area contributed by atoms with Gasteiger partial charge in [-0.3, -0.25) is 4.79 Å². The predicted octanol–water partition coefficient (Wildman–Crippen LogP) is 1.93. The number of benzene rings is 1. The summed E-state index contributed by atoms with van der Waals surface area (Å²) in [5.41, 5.74) is 0.623. The van der Waals surface area contributed by atoms with Crippen LogP contribution in [-0.4, -0.2) is 29.1 Å². The fraction of sp³-hybridized carbons (Fsp3) is 0.385. The first-order valence-electron chi connectivity index (χ1n) is 6.14. The summed E-state index contributed by atoms with van der Waals surface area (Å²) in [6, 6.07) is 2.66. The van der Waals surface area contributed by atoms with Crippen LogP contribution in [0.1, 0.15) is 28.8 Å². The van der Waals surface area contributed by atoms with Crippen molar-refractivity contribution in [1.29, 1.82) is 0 Å². The molecule has 1 saturated carbocycles. The normalized spacial score (nSPS) is 13.7. The van der Waals surface area contributed by atoms with Gasteiger partial charge in [-0.2, -0.15) is 0 Å². The van der Waals surface area contributed by atoms with Gasteiger partial charge in [0.25, 0.3) is 4.92 Å². The molecular formula is C13H15N2O5+. The summed E-state index contributed by atoms with van der Waals surface area (Å²) >= 11 is 0. The molecule has 0 heterocycles. The highest BCUT2D eigenvalue weighted by Crippen LogP contribution is 2.34. The lowest BCUT2D eigenvalue weighted by atomic mass is 10.1. The van der Waals surface area contributed by atoms with E-state index in [4.69, 9.17) is 5.21 Å². The van der Waals surface area contributed by atoms with Gasteiger partial charge in [-0.05, 0) is 31.4 Å². The van der Waals surface area contributed by atoms with Crippen LogP contribution in [0.4, 0.5) is 11.4 Å². The number of aryl methyl sites for hydroxylation is 1. The topological polar surface area (TPSA) is 95.7 Å². The first-order chi connectivity index (χ1) is 9.43. The third kappa shape index (κ3) is 2.76. The van der Waals surface area contributed by atoms with Gasteiger partial charge in [0.2, 0.25) is 5.91 Å². The second-order valence-corrected chi connectivity index (χ2v) is 4.72. The number of anilines is 1. The minimum absolute atomic E-state index is 0.0404. The molecule has 0 aliphatic heterocycles. The Bertz CT molecular complexity index is 593. The Morgan fingerprint density at radius 1 is 1.40 bits per heavy atom. The smallest absolute Gasteiger partial charge is 0.340 e. The highest BCUT2D eigenvalue weighted by molar-refractivity contribution is 5.98. The number of rotatable bonds is 4. The van der Waals surface area contributed by atoms with Crippen LogP contribution in [0.3, 0.4) is 0 Å².